The van der Waals surface area contributed by atoms with Crippen molar-refractivity contribution in [1.82, 2.24) is 0 Å². The van der Waals surface area contributed by atoms with Gasteiger partial charge < -0.3 is 0 Å². The Hall–Kier alpha value is 0. The molecule has 2 aliphatic carbocycles. The van der Waals surface area contributed by atoms with Gasteiger partial charge in [0.25, 0.3) is 0 Å². The summed E-state index contributed by atoms with van der Waals surface area (Å²) in [6.45, 7) is 12.5. The Morgan fingerprint density at radius 3 is 1.79 bits per heavy atom. The maximum Gasteiger partial charge on any atom is -0.0243 e. The monoisotopic (exact) mass is 264 g/mol. The van der Waals surface area contributed by atoms with E-state index in [1.807, 2.05) is 0 Å². The smallest absolute Gasteiger partial charge is 0.0243 e. The van der Waals surface area contributed by atoms with Crippen LogP contribution in [0.4, 0.5) is 0 Å². The minimum absolute atomic E-state index is 0.486. The van der Waals surface area contributed by atoms with Crippen LogP contribution in [-0.4, -0.2) is 0 Å². The molecule has 0 spiro atoms. The first-order valence-electron chi connectivity index (χ1n) is 8.85. The van der Waals surface area contributed by atoms with Crippen molar-refractivity contribution >= 4 is 0 Å². The Kier molecular flexibility index (Phi) is 4.38. The molecule has 0 amide bonds. The second kappa shape index (κ2) is 5.41. The Morgan fingerprint density at radius 2 is 1.37 bits per heavy atom. The molecular formula is C19H36. The summed E-state index contributed by atoms with van der Waals surface area (Å²) in [4.78, 5) is 0. The van der Waals surface area contributed by atoms with E-state index in [4.69, 9.17) is 0 Å². The summed E-state index contributed by atoms with van der Waals surface area (Å²) in [6, 6.07) is 0. The molecule has 2 fully saturated rings. The zero-order chi connectivity index (χ0) is 14.1. The average molecular weight is 264 g/mol. The number of fused-ring (bicyclic) bond motifs is 2. The molecular weight excluding hydrogens is 228 g/mol. The van der Waals surface area contributed by atoms with Crippen LogP contribution < -0.4 is 0 Å². The van der Waals surface area contributed by atoms with E-state index in [9.17, 15) is 0 Å². The molecule has 0 aromatic carbocycles. The van der Waals surface area contributed by atoms with Gasteiger partial charge in [-0.15, -0.1) is 0 Å². The SMILES string of the molecule is CCC(C)C12CCCCC(C(C)(C)C)(CCCC1)C2. The summed E-state index contributed by atoms with van der Waals surface area (Å²) in [5.74, 6) is 0.922. The molecule has 1 atom stereocenters. The van der Waals surface area contributed by atoms with Crippen molar-refractivity contribution in [2.24, 2.45) is 22.2 Å². The van der Waals surface area contributed by atoms with Gasteiger partial charge in [-0.05, 0) is 54.3 Å². The summed E-state index contributed by atoms with van der Waals surface area (Å²) in [7, 11) is 0. The maximum atomic E-state index is 2.55. The molecule has 1 unspecified atom stereocenters. The highest BCUT2D eigenvalue weighted by molar-refractivity contribution is 5.01. The van der Waals surface area contributed by atoms with E-state index in [2.05, 4.69) is 34.6 Å². The Bertz CT molecular complexity index is 282. The zero-order valence-electron chi connectivity index (χ0n) is 14.1. The van der Waals surface area contributed by atoms with Crippen LogP contribution in [0.2, 0.25) is 0 Å². The molecule has 2 saturated carbocycles. The van der Waals surface area contributed by atoms with Crippen LogP contribution in [0.15, 0.2) is 0 Å². The third kappa shape index (κ3) is 2.74. The second-order valence-electron chi connectivity index (χ2n) is 8.79. The predicted molar refractivity (Wildman–Crippen MR) is 85.3 cm³/mol. The van der Waals surface area contributed by atoms with Gasteiger partial charge in [-0.1, -0.05) is 66.7 Å². The minimum atomic E-state index is 0.486. The topological polar surface area (TPSA) is 0 Å². The van der Waals surface area contributed by atoms with Crippen LogP contribution in [0.5, 0.6) is 0 Å². The third-order valence-electron chi connectivity index (χ3n) is 7.10. The third-order valence-corrected chi connectivity index (χ3v) is 7.10. The van der Waals surface area contributed by atoms with E-state index in [-0.39, 0.29) is 0 Å². The highest BCUT2D eigenvalue weighted by Gasteiger charge is 2.50. The maximum absolute atomic E-state index is 2.55. The Labute approximate surface area is 121 Å². The molecule has 0 aliphatic heterocycles. The number of rotatable bonds is 2. The van der Waals surface area contributed by atoms with Crippen molar-refractivity contribution in [1.29, 1.82) is 0 Å². The van der Waals surface area contributed by atoms with Crippen molar-refractivity contribution in [3.63, 3.8) is 0 Å². The van der Waals surface area contributed by atoms with E-state index in [0.29, 0.717) is 16.2 Å². The molecule has 0 aromatic rings. The van der Waals surface area contributed by atoms with Crippen LogP contribution in [0.3, 0.4) is 0 Å². The first-order chi connectivity index (χ1) is 8.85. The summed E-state index contributed by atoms with van der Waals surface area (Å²) in [6.07, 6.45) is 14.9. The van der Waals surface area contributed by atoms with Crippen LogP contribution in [0.25, 0.3) is 0 Å². The Morgan fingerprint density at radius 1 is 0.895 bits per heavy atom. The lowest BCUT2D eigenvalue weighted by atomic mass is 9.55. The number of hydrogen-bond donors (Lipinski definition) is 0. The summed E-state index contributed by atoms with van der Waals surface area (Å²) >= 11 is 0. The van der Waals surface area contributed by atoms with Gasteiger partial charge in [0.1, 0.15) is 0 Å². The highest BCUT2D eigenvalue weighted by atomic mass is 14.6. The molecule has 2 rings (SSSR count). The zero-order valence-corrected chi connectivity index (χ0v) is 14.1. The standard InChI is InChI=1S/C19H36/c1-6-16(2)18-11-7-9-13-19(15-18,17(3,4)5)14-10-8-12-18/h16H,6-15H2,1-5H3. The van der Waals surface area contributed by atoms with Crippen LogP contribution >= 0.6 is 0 Å². The molecule has 19 heavy (non-hydrogen) atoms. The van der Waals surface area contributed by atoms with Crippen molar-refractivity contribution in [2.75, 3.05) is 0 Å². The molecule has 112 valence electrons. The fourth-order valence-corrected chi connectivity index (χ4v) is 5.27. The van der Waals surface area contributed by atoms with Crippen LogP contribution in [0, 0.1) is 22.2 Å². The van der Waals surface area contributed by atoms with Gasteiger partial charge in [0.05, 0.1) is 0 Å². The van der Waals surface area contributed by atoms with Gasteiger partial charge in [0, 0.05) is 0 Å². The summed E-state index contributed by atoms with van der Waals surface area (Å²) in [5, 5.41) is 0. The molecule has 0 heterocycles. The predicted octanol–water partition coefficient (Wildman–Crippen LogP) is 6.59. The van der Waals surface area contributed by atoms with E-state index >= 15 is 0 Å². The number of hydrogen-bond acceptors (Lipinski definition) is 0. The van der Waals surface area contributed by atoms with Gasteiger partial charge in [0.15, 0.2) is 0 Å². The minimum Gasteiger partial charge on any atom is -0.0651 e. The van der Waals surface area contributed by atoms with Gasteiger partial charge in [0.2, 0.25) is 0 Å². The van der Waals surface area contributed by atoms with E-state index < -0.39 is 0 Å². The molecule has 0 saturated heterocycles. The molecule has 0 N–H and O–H groups in total. The molecule has 2 bridgehead atoms. The normalized spacial score (nSPS) is 38.4. The van der Waals surface area contributed by atoms with Crippen LogP contribution in [-0.2, 0) is 0 Å². The van der Waals surface area contributed by atoms with Crippen molar-refractivity contribution in [2.45, 2.75) is 98.8 Å². The Balaban J connectivity index is 2.39. The lowest BCUT2D eigenvalue weighted by Gasteiger charge is -2.50. The first kappa shape index (κ1) is 15.4. The summed E-state index contributed by atoms with van der Waals surface area (Å²) in [5.41, 5.74) is 1.79. The van der Waals surface area contributed by atoms with Crippen molar-refractivity contribution < 1.29 is 0 Å². The van der Waals surface area contributed by atoms with E-state index in [1.54, 1.807) is 0 Å². The van der Waals surface area contributed by atoms with Crippen molar-refractivity contribution in [3.05, 3.63) is 0 Å². The molecule has 0 heteroatoms. The average Bonchev–Trinajstić information content (AvgIpc) is 2.67. The highest BCUT2D eigenvalue weighted by Crippen LogP contribution is 2.61. The van der Waals surface area contributed by atoms with E-state index in [1.165, 1.54) is 64.2 Å². The molecule has 0 aromatic heterocycles. The van der Waals surface area contributed by atoms with Gasteiger partial charge >= 0.3 is 0 Å². The summed E-state index contributed by atoms with van der Waals surface area (Å²) < 4.78 is 0. The van der Waals surface area contributed by atoms with Crippen molar-refractivity contribution in [3.8, 4) is 0 Å². The van der Waals surface area contributed by atoms with Gasteiger partial charge in [-0.3, -0.25) is 0 Å². The molecule has 0 nitrogen and oxygen atoms in total. The first-order valence-corrected chi connectivity index (χ1v) is 8.85. The lowest BCUT2D eigenvalue weighted by Crippen LogP contribution is -2.40. The van der Waals surface area contributed by atoms with Crippen LogP contribution in [0.1, 0.15) is 98.8 Å². The van der Waals surface area contributed by atoms with E-state index in [0.717, 1.165) is 5.92 Å². The second-order valence-corrected chi connectivity index (χ2v) is 8.79. The largest absolute Gasteiger partial charge is 0.0651 e. The fraction of sp³-hybridized carbons (Fsp3) is 1.00. The lowest BCUT2D eigenvalue weighted by molar-refractivity contribution is -0.000562. The molecule has 0 radical (unpaired) electrons. The molecule has 2 aliphatic rings. The van der Waals surface area contributed by atoms with Gasteiger partial charge in [-0.25, -0.2) is 0 Å². The van der Waals surface area contributed by atoms with Gasteiger partial charge in [-0.2, -0.15) is 0 Å². The fourth-order valence-electron chi connectivity index (χ4n) is 5.27. The quantitative estimate of drug-likeness (QED) is 0.528.